The van der Waals surface area contributed by atoms with Crippen molar-refractivity contribution >= 4 is 29.7 Å². The maximum absolute atomic E-state index is 11.9. The number of hydrogen-bond donors (Lipinski definition) is 2. The van der Waals surface area contributed by atoms with Gasteiger partial charge in [0.25, 0.3) is 0 Å². The monoisotopic (exact) mass is 353 g/mol. The predicted octanol–water partition coefficient (Wildman–Crippen LogP) is 2.12. The van der Waals surface area contributed by atoms with Crippen LogP contribution >= 0.6 is 0 Å². The van der Waals surface area contributed by atoms with Crippen molar-refractivity contribution in [3.05, 3.63) is 65.2 Å². The minimum atomic E-state index is -0.877. The lowest BCUT2D eigenvalue weighted by Crippen LogP contribution is -2.32. The van der Waals surface area contributed by atoms with Gasteiger partial charge in [-0.05, 0) is 35.7 Å². The molecule has 0 aliphatic heterocycles. The van der Waals surface area contributed by atoms with Gasteiger partial charge in [-0.1, -0.05) is 37.3 Å². The van der Waals surface area contributed by atoms with Crippen LogP contribution in [-0.2, 0) is 20.7 Å². The summed E-state index contributed by atoms with van der Waals surface area (Å²) in [5.41, 5.74) is 4.75. The number of hydrogen-bond acceptors (Lipinski definition) is 5. The number of rotatable bonds is 5. The van der Waals surface area contributed by atoms with E-state index in [1.54, 1.807) is 36.4 Å². The normalized spacial score (nSPS) is 10.4. The number of esters is 1. The molecule has 2 rings (SSSR count). The maximum atomic E-state index is 11.9. The van der Waals surface area contributed by atoms with Crippen LogP contribution in [0.15, 0.2) is 53.6 Å². The molecule has 0 radical (unpaired) electrons. The molecule has 0 atom stereocenters. The molecule has 0 saturated heterocycles. The molecule has 2 N–H and O–H groups in total. The minimum absolute atomic E-state index is 0.405. The second kappa shape index (κ2) is 9.12. The van der Waals surface area contributed by atoms with Crippen molar-refractivity contribution in [3.8, 4) is 0 Å². The fourth-order valence-corrected chi connectivity index (χ4v) is 2.17. The first-order chi connectivity index (χ1) is 12.5. The van der Waals surface area contributed by atoms with Crippen molar-refractivity contribution in [2.75, 3.05) is 12.4 Å². The van der Waals surface area contributed by atoms with Crippen LogP contribution in [-0.4, -0.2) is 31.1 Å². The molecule has 7 nitrogen and oxygen atoms in total. The summed E-state index contributed by atoms with van der Waals surface area (Å²) in [6.45, 7) is 1.96. The third-order valence-electron chi connectivity index (χ3n) is 3.56. The van der Waals surface area contributed by atoms with Crippen molar-refractivity contribution in [2.24, 2.45) is 5.10 Å². The van der Waals surface area contributed by atoms with E-state index in [2.05, 4.69) is 20.6 Å². The topological polar surface area (TPSA) is 96.9 Å². The average molecular weight is 353 g/mol. The molecule has 26 heavy (non-hydrogen) atoms. The van der Waals surface area contributed by atoms with E-state index in [-0.39, 0.29) is 0 Å². The molecule has 0 heterocycles. The highest BCUT2D eigenvalue weighted by Crippen LogP contribution is 2.15. The number of para-hydroxylation sites is 1. The molecule has 2 aromatic rings. The summed E-state index contributed by atoms with van der Waals surface area (Å²) in [6.07, 6.45) is 2.10. The molecule has 0 bridgehead atoms. The van der Waals surface area contributed by atoms with E-state index in [0.717, 1.165) is 12.0 Å². The summed E-state index contributed by atoms with van der Waals surface area (Å²) >= 11 is 0. The molecule has 7 heteroatoms. The van der Waals surface area contributed by atoms with Crippen molar-refractivity contribution in [3.63, 3.8) is 0 Å². The number of amides is 2. The zero-order valence-electron chi connectivity index (χ0n) is 14.5. The van der Waals surface area contributed by atoms with Crippen LogP contribution in [0.25, 0.3) is 0 Å². The van der Waals surface area contributed by atoms with Crippen LogP contribution in [0.1, 0.15) is 28.4 Å². The van der Waals surface area contributed by atoms with E-state index in [0.29, 0.717) is 16.8 Å². The number of benzene rings is 2. The molecular formula is C19H19N3O4. The Kier molecular flexibility index (Phi) is 6.61. The Morgan fingerprint density at radius 3 is 2.38 bits per heavy atom. The average Bonchev–Trinajstić information content (AvgIpc) is 2.68. The van der Waals surface area contributed by atoms with Crippen molar-refractivity contribution in [1.29, 1.82) is 0 Å². The molecule has 0 aliphatic rings. The molecular weight excluding hydrogens is 334 g/mol. The summed E-state index contributed by atoms with van der Waals surface area (Å²) in [5.74, 6) is -2.12. The number of carbonyl (C=O) groups excluding carboxylic acids is 3. The molecule has 2 amide bonds. The van der Waals surface area contributed by atoms with E-state index in [1.807, 2.05) is 19.1 Å². The van der Waals surface area contributed by atoms with Crippen LogP contribution in [0.2, 0.25) is 0 Å². The molecule has 134 valence electrons. The smallest absolute Gasteiger partial charge is 0.337 e. The SMILES string of the molecule is CCc1ccccc1NC(=O)C(=O)NN=Cc1ccc(C(=O)OC)cc1. The summed E-state index contributed by atoms with van der Waals surface area (Å²) < 4.78 is 4.61. The fraction of sp³-hybridized carbons (Fsp3) is 0.158. The Hall–Kier alpha value is -3.48. The molecule has 0 fully saturated rings. The van der Waals surface area contributed by atoms with Crippen LogP contribution in [0.4, 0.5) is 5.69 Å². The van der Waals surface area contributed by atoms with Gasteiger partial charge in [0.05, 0.1) is 18.9 Å². The summed E-state index contributed by atoms with van der Waals surface area (Å²) in [5, 5.41) is 6.30. The number of carbonyl (C=O) groups is 3. The number of anilines is 1. The van der Waals surface area contributed by atoms with Crippen molar-refractivity contribution in [2.45, 2.75) is 13.3 Å². The summed E-state index contributed by atoms with van der Waals surface area (Å²) in [6, 6.07) is 13.7. The second-order valence-electron chi connectivity index (χ2n) is 5.28. The lowest BCUT2D eigenvalue weighted by molar-refractivity contribution is -0.136. The Labute approximate surface area is 151 Å². The largest absolute Gasteiger partial charge is 0.465 e. The number of nitrogens with one attached hydrogen (secondary N) is 2. The minimum Gasteiger partial charge on any atom is -0.465 e. The van der Waals surface area contributed by atoms with E-state index in [1.165, 1.54) is 13.3 Å². The predicted molar refractivity (Wildman–Crippen MR) is 98.0 cm³/mol. The van der Waals surface area contributed by atoms with Gasteiger partial charge in [0, 0.05) is 5.69 Å². The van der Waals surface area contributed by atoms with Gasteiger partial charge in [-0.2, -0.15) is 5.10 Å². The highest BCUT2D eigenvalue weighted by Gasteiger charge is 2.14. The lowest BCUT2D eigenvalue weighted by atomic mass is 10.1. The van der Waals surface area contributed by atoms with Gasteiger partial charge in [-0.25, -0.2) is 10.2 Å². The number of aryl methyl sites for hydroxylation is 1. The number of nitrogens with zero attached hydrogens (tertiary/aromatic N) is 1. The third kappa shape index (κ3) is 5.01. The lowest BCUT2D eigenvalue weighted by Gasteiger charge is -2.08. The summed E-state index contributed by atoms with van der Waals surface area (Å²) in [7, 11) is 1.30. The van der Waals surface area contributed by atoms with Crippen molar-refractivity contribution < 1.29 is 19.1 Å². The number of methoxy groups -OCH3 is 1. The zero-order valence-corrected chi connectivity index (χ0v) is 14.5. The first kappa shape index (κ1) is 18.9. The molecule has 0 aliphatic carbocycles. The first-order valence-electron chi connectivity index (χ1n) is 7.95. The van der Waals surface area contributed by atoms with Gasteiger partial charge >= 0.3 is 17.8 Å². The summed E-state index contributed by atoms with van der Waals surface area (Å²) in [4.78, 5) is 35.1. The van der Waals surface area contributed by atoms with Crippen molar-refractivity contribution in [1.82, 2.24) is 5.43 Å². The van der Waals surface area contributed by atoms with Crippen LogP contribution in [0.3, 0.4) is 0 Å². The molecule has 0 aromatic heterocycles. The van der Waals surface area contributed by atoms with E-state index in [4.69, 9.17) is 0 Å². The van der Waals surface area contributed by atoms with Gasteiger partial charge < -0.3 is 10.1 Å². The van der Waals surface area contributed by atoms with Gasteiger partial charge in [-0.3, -0.25) is 9.59 Å². The molecule has 0 spiro atoms. The molecule has 0 unspecified atom stereocenters. The quantitative estimate of drug-likeness (QED) is 0.372. The van der Waals surface area contributed by atoms with E-state index >= 15 is 0 Å². The van der Waals surface area contributed by atoms with E-state index in [9.17, 15) is 14.4 Å². The van der Waals surface area contributed by atoms with E-state index < -0.39 is 17.8 Å². The second-order valence-corrected chi connectivity index (χ2v) is 5.28. The Bertz CT molecular complexity index is 829. The highest BCUT2D eigenvalue weighted by atomic mass is 16.5. The fourth-order valence-electron chi connectivity index (χ4n) is 2.17. The van der Waals surface area contributed by atoms with Crippen LogP contribution in [0, 0.1) is 0 Å². The Morgan fingerprint density at radius 1 is 1.04 bits per heavy atom. The van der Waals surface area contributed by atoms with Gasteiger partial charge in [-0.15, -0.1) is 0 Å². The zero-order chi connectivity index (χ0) is 18.9. The van der Waals surface area contributed by atoms with Crippen LogP contribution in [0.5, 0.6) is 0 Å². The first-order valence-corrected chi connectivity index (χ1v) is 7.95. The van der Waals surface area contributed by atoms with Gasteiger partial charge in [0.1, 0.15) is 0 Å². The Morgan fingerprint density at radius 2 is 1.73 bits per heavy atom. The number of ether oxygens (including phenoxy) is 1. The highest BCUT2D eigenvalue weighted by molar-refractivity contribution is 6.39. The Balaban J connectivity index is 1.92. The maximum Gasteiger partial charge on any atom is 0.337 e. The van der Waals surface area contributed by atoms with Crippen LogP contribution < -0.4 is 10.7 Å². The number of hydrazone groups is 1. The third-order valence-corrected chi connectivity index (χ3v) is 3.56. The standard InChI is InChI=1S/C19H19N3O4/c1-3-14-6-4-5-7-16(14)21-17(23)18(24)22-20-12-13-8-10-15(11-9-13)19(25)26-2/h4-12H,3H2,1-2H3,(H,21,23)(H,22,24). The van der Waals surface area contributed by atoms with Gasteiger partial charge in [0.2, 0.25) is 0 Å². The van der Waals surface area contributed by atoms with Gasteiger partial charge in [0.15, 0.2) is 0 Å². The molecule has 0 saturated carbocycles. The molecule has 2 aromatic carbocycles.